The van der Waals surface area contributed by atoms with E-state index < -0.39 is 0 Å². The van der Waals surface area contributed by atoms with E-state index >= 15 is 0 Å². The average Bonchev–Trinajstić information content (AvgIpc) is 3.22. The summed E-state index contributed by atoms with van der Waals surface area (Å²) >= 11 is 5.88. The molecule has 1 saturated heterocycles. The van der Waals surface area contributed by atoms with Gasteiger partial charge >= 0.3 is 0 Å². The molecule has 2 heterocycles. The number of fused-ring (bicyclic) bond motifs is 1. The highest BCUT2D eigenvalue weighted by Crippen LogP contribution is 2.27. The largest absolute Gasteiger partial charge is 0.326 e. The summed E-state index contributed by atoms with van der Waals surface area (Å²) in [5.41, 5.74) is 2.35. The Balaban J connectivity index is 1.47. The van der Waals surface area contributed by atoms with Crippen molar-refractivity contribution >= 4 is 45.7 Å². The first-order valence-electron chi connectivity index (χ1n) is 7.90. The van der Waals surface area contributed by atoms with Gasteiger partial charge in [0.05, 0.1) is 17.6 Å². The lowest BCUT2D eigenvalue weighted by Crippen LogP contribution is -2.28. The predicted octanol–water partition coefficient (Wildman–Crippen LogP) is 3.21. The molecule has 126 valence electrons. The van der Waals surface area contributed by atoms with Crippen LogP contribution < -0.4 is 10.2 Å². The van der Waals surface area contributed by atoms with Gasteiger partial charge < -0.3 is 10.2 Å². The molecule has 1 aliphatic heterocycles. The van der Waals surface area contributed by atoms with Crippen molar-refractivity contribution in [2.45, 2.75) is 6.42 Å². The minimum atomic E-state index is -0.386. The van der Waals surface area contributed by atoms with Gasteiger partial charge in [0.1, 0.15) is 0 Å². The smallest absolute Gasteiger partial charge is 0.229 e. The summed E-state index contributed by atoms with van der Waals surface area (Å²) in [6.07, 6.45) is 1.90. The number of aromatic amines is 1. The zero-order valence-corrected chi connectivity index (χ0v) is 14.0. The third kappa shape index (κ3) is 3.08. The van der Waals surface area contributed by atoms with Crippen molar-refractivity contribution in [1.82, 2.24) is 10.2 Å². The van der Waals surface area contributed by atoms with Crippen molar-refractivity contribution in [3.05, 3.63) is 53.7 Å². The van der Waals surface area contributed by atoms with Crippen LogP contribution in [0.1, 0.15) is 6.42 Å². The van der Waals surface area contributed by atoms with Crippen LogP contribution in [0.25, 0.3) is 10.9 Å². The molecule has 0 spiro atoms. The summed E-state index contributed by atoms with van der Waals surface area (Å²) in [6.45, 7) is 0.361. The maximum atomic E-state index is 12.5. The van der Waals surface area contributed by atoms with Crippen molar-refractivity contribution < 1.29 is 9.59 Å². The molecule has 0 aliphatic carbocycles. The van der Waals surface area contributed by atoms with Crippen molar-refractivity contribution in [3.8, 4) is 0 Å². The lowest BCUT2D eigenvalue weighted by molar-refractivity contribution is -0.122. The molecular weight excluding hydrogens is 340 g/mol. The Morgan fingerprint density at radius 3 is 2.84 bits per heavy atom. The molecular formula is C18H15ClN4O2. The number of H-pyrrole nitrogens is 1. The van der Waals surface area contributed by atoms with Crippen molar-refractivity contribution in [2.24, 2.45) is 5.92 Å². The van der Waals surface area contributed by atoms with Crippen LogP contribution >= 0.6 is 11.6 Å². The first-order chi connectivity index (χ1) is 12.1. The molecule has 25 heavy (non-hydrogen) atoms. The third-order valence-corrected chi connectivity index (χ3v) is 4.59. The number of nitrogens with one attached hydrogen (secondary N) is 2. The minimum absolute atomic E-state index is 0.0623. The highest BCUT2D eigenvalue weighted by Gasteiger charge is 2.35. The van der Waals surface area contributed by atoms with Crippen molar-refractivity contribution in [3.63, 3.8) is 0 Å². The number of hydrogen-bond donors (Lipinski definition) is 2. The van der Waals surface area contributed by atoms with Gasteiger partial charge in [0.15, 0.2) is 0 Å². The van der Waals surface area contributed by atoms with E-state index in [9.17, 15) is 9.59 Å². The maximum absolute atomic E-state index is 12.5. The molecule has 0 bridgehead atoms. The second kappa shape index (κ2) is 6.22. The van der Waals surface area contributed by atoms with E-state index in [0.29, 0.717) is 17.3 Å². The highest BCUT2D eigenvalue weighted by molar-refractivity contribution is 6.30. The summed E-state index contributed by atoms with van der Waals surface area (Å²) in [5, 5.41) is 11.2. The molecule has 1 fully saturated rings. The summed E-state index contributed by atoms with van der Waals surface area (Å²) in [7, 11) is 0. The number of aromatic nitrogens is 2. The lowest BCUT2D eigenvalue weighted by atomic mass is 10.1. The maximum Gasteiger partial charge on any atom is 0.229 e. The van der Waals surface area contributed by atoms with Crippen LogP contribution in [0, 0.1) is 5.92 Å². The van der Waals surface area contributed by atoms with Crippen LogP contribution in [-0.2, 0) is 9.59 Å². The van der Waals surface area contributed by atoms with Crippen LogP contribution in [0.5, 0.6) is 0 Å². The first-order valence-corrected chi connectivity index (χ1v) is 8.28. The number of amides is 2. The van der Waals surface area contributed by atoms with Gasteiger partial charge in [-0.15, -0.1) is 0 Å². The fraction of sp³-hybridized carbons (Fsp3) is 0.167. The van der Waals surface area contributed by atoms with Gasteiger partial charge in [-0.3, -0.25) is 14.7 Å². The summed E-state index contributed by atoms with van der Waals surface area (Å²) < 4.78 is 0. The molecule has 3 aromatic rings. The Morgan fingerprint density at radius 2 is 2.04 bits per heavy atom. The molecule has 1 aliphatic rings. The fourth-order valence-corrected chi connectivity index (χ4v) is 3.14. The van der Waals surface area contributed by atoms with Gasteiger partial charge in [-0.1, -0.05) is 11.6 Å². The molecule has 1 unspecified atom stereocenters. The Hall–Kier alpha value is -2.86. The molecule has 2 aromatic carbocycles. The van der Waals surface area contributed by atoms with Crippen LogP contribution in [0.3, 0.4) is 0 Å². The Morgan fingerprint density at radius 1 is 1.24 bits per heavy atom. The predicted molar refractivity (Wildman–Crippen MR) is 96.6 cm³/mol. The second-order valence-electron chi connectivity index (χ2n) is 6.04. The van der Waals surface area contributed by atoms with Crippen molar-refractivity contribution in [1.29, 1.82) is 0 Å². The lowest BCUT2D eigenvalue weighted by Gasteiger charge is -2.16. The number of nitrogens with zero attached hydrogens (tertiary/aromatic N) is 2. The topological polar surface area (TPSA) is 78.1 Å². The second-order valence-corrected chi connectivity index (χ2v) is 6.48. The van der Waals surface area contributed by atoms with Crippen LogP contribution in [-0.4, -0.2) is 28.6 Å². The van der Waals surface area contributed by atoms with Gasteiger partial charge in [0.2, 0.25) is 11.8 Å². The van der Waals surface area contributed by atoms with Crippen LogP contribution in [0.2, 0.25) is 5.02 Å². The Bertz CT molecular complexity index is 951. The van der Waals surface area contributed by atoms with E-state index in [0.717, 1.165) is 16.6 Å². The van der Waals surface area contributed by atoms with Crippen molar-refractivity contribution in [2.75, 3.05) is 16.8 Å². The minimum Gasteiger partial charge on any atom is -0.326 e. The molecule has 4 rings (SSSR count). The van der Waals surface area contributed by atoms with E-state index in [2.05, 4.69) is 15.5 Å². The fourth-order valence-electron chi connectivity index (χ4n) is 3.02. The van der Waals surface area contributed by atoms with Gasteiger partial charge in [-0.05, 0) is 42.5 Å². The van der Waals surface area contributed by atoms with E-state index in [-0.39, 0.29) is 24.2 Å². The molecule has 0 saturated carbocycles. The summed E-state index contributed by atoms with van der Waals surface area (Å²) in [6, 6.07) is 12.6. The van der Waals surface area contributed by atoms with E-state index in [1.54, 1.807) is 35.4 Å². The number of rotatable bonds is 3. The summed E-state index contributed by atoms with van der Waals surface area (Å²) in [5.74, 6) is -0.608. The molecule has 2 amide bonds. The van der Waals surface area contributed by atoms with E-state index in [1.165, 1.54) is 0 Å². The highest BCUT2D eigenvalue weighted by atomic mass is 35.5. The normalized spacial score (nSPS) is 17.2. The third-order valence-electron chi connectivity index (χ3n) is 4.34. The SMILES string of the molecule is O=C(Nc1ccc2[nH]ncc2c1)C1CC(=O)N(c2ccc(Cl)cc2)C1. The number of carbonyl (C=O) groups excluding carboxylic acids is 2. The zero-order chi connectivity index (χ0) is 17.4. The zero-order valence-electron chi connectivity index (χ0n) is 13.2. The Kier molecular flexibility index (Phi) is 3.89. The average molecular weight is 355 g/mol. The molecule has 0 radical (unpaired) electrons. The van der Waals surface area contributed by atoms with Crippen LogP contribution in [0.4, 0.5) is 11.4 Å². The molecule has 1 atom stereocenters. The number of anilines is 2. The van der Waals surface area contributed by atoms with Crippen LogP contribution in [0.15, 0.2) is 48.7 Å². The van der Waals surface area contributed by atoms with Gasteiger partial charge in [-0.2, -0.15) is 5.10 Å². The van der Waals surface area contributed by atoms with Gasteiger partial charge in [0.25, 0.3) is 0 Å². The van der Waals surface area contributed by atoms with E-state index in [1.807, 2.05) is 18.2 Å². The summed E-state index contributed by atoms with van der Waals surface area (Å²) in [4.78, 5) is 26.4. The molecule has 6 nitrogen and oxygen atoms in total. The monoisotopic (exact) mass is 354 g/mol. The first kappa shape index (κ1) is 15.7. The standard InChI is InChI=1S/C18H15ClN4O2/c19-13-1-4-15(5-2-13)23-10-12(8-17(23)24)18(25)21-14-3-6-16-11(7-14)9-20-22-16/h1-7,9,12H,8,10H2,(H,20,22)(H,21,25). The molecule has 2 N–H and O–H groups in total. The number of benzene rings is 2. The number of halogens is 1. The number of hydrogen-bond acceptors (Lipinski definition) is 3. The number of carbonyl (C=O) groups is 2. The Labute approximate surface area is 148 Å². The van der Waals surface area contributed by atoms with E-state index in [4.69, 9.17) is 11.6 Å². The molecule has 1 aromatic heterocycles. The van der Waals surface area contributed by atoms with Gasteiger partial charge in [-0.25, -0.2) is 0 Å². The quantitative estimate of drug-likeness (QED) is 0.758. The molecule has 7 heteroatoms. The van der Waals surface area contributed by atoms with Gasteiger partial charge in [0, 0.05) is 34.7 Å².